The van der Waals surface area contributed by atoms with Crippen LogP contribution in [-0.4, -0.2) is 15.4 Å². The van der Waals surface area contributed by atoms with E-state index in [4.69, 9.17) is 4.74 Å². The monoisotopic (exact) mass is 402 g/mol. The Kier molecular flexibility index (Phi) is 7.02. The maximum absolute atomic E-state index is 5.94. The molecule has 0 N–H and O–H groups in total. The Morgan fingerprint density at radius 3 is 2.29 bits per heavy atom. The van der Waals surface area contributed by atoms with Crippen LogP contribution in [0.4, 0.5) is 0 Å². The van der Waals surface area contributed by atoms with Gasteiger partial charge in [-0.1, -0.05) is 91.4 Å². The van der Waals surface area contributed by atoms with E-state index in [1.165, 1.54) is 16.7 Å². The van der Waals surface area contributed by atoms with Gasteiger partial charge in [0.1, 0.15) is 0 Å². The SMILES string of the molecule is C[SiH](C)C(C)(C)COCc1ccc(/C=C/c2cccc(Br)c2)cc1. The van der Waals surface area contributed by atoms with Crippen molar-refractivity contribution >= 4 is 36.9 Å². The summed E-state index contributed by atoms with van der Waals surface area (Å²) < 4.78 is 7.04. The highest BCUT2D eigenvalue weighted by Gasteiger charge is 2.23. The molecule has 0 unspecified atom stereocenters. The molecule has 0 atom stereocenters. The Hall–Kier alpha value is -1.16. The van der Waals surface area contributed by atoms with Crippen LogP contribution in [0.5, 0.6) is 0 Å². The number of benzene rings is 2. The summed E-state index contributed by atoms with van der Waals surface area (Å²) in [5.41, 5.74) is 3.63. The molecule has 0 heterocycles. The molecule has 0 amide bonds. The zero-order chi connectivity index (χ0) is 17.6. The summed E-state index contributed by atoms with van der Waals surface area (Å²) in [6, 6.07) is 16.9. The average Bonchev–Trinajstić information content (AvgIpc) is 2.54. The number of hydrogen-bond acceptors (Lipinski definition) is 1. The standard InChI is InChI=1S/C21H27BrOSi/c1-21(2,24(3)4)16-23-15-19-12-9-17(10-13-19)8-11-18-6-5-7-20(22)14-18/h5-14,24H,15-16H2,1-4H3/b11-8+. The molecule has 0 aliphatic heterocycles. The molecule has 0 aliphatic carbocycles. The minimum absolute atomic E-state index is 0.354. The van der Waals surface area contributed by atoms with Crippen LogP contribution >= 0.6 is 15.9 Å². The third-order valence-electron chi connectivity index (χ3n) is 4.60. The zero-order valence-electron chi connectivity index (χ0n) is 15.1. The molecule has 0 bridgehead atoms. The van der Waals surface area contributed by atoms with Gasteiger partial charge in [-0.3, -0.25) is 0 Å². The van der Waals surface area contributed by atoms with Gasteiger partial charge in [-0.05, 0) is 33.9 Å². The van der Waals surface area contributed by atoms with E-state index in [-0.39, 0.29) is 0 Å². The summed E-state index contributed by atoms with van der Waals surface area (Å²) in [6.07, 6.45) is 4.27. The summed E-state index contributed by atoms with van der Waals surface area (Å²) in [5.74, 6) is 0. The van der Waals surface area contributed by atoms with Crippen molar-refractivity contribution in [1.29, 1.82) is 0 Å². The van der Waals surface area contributed by atoms with Crippen LogP contribution in [0.1, 0.15) is 30.5 Å². The van der Waals surface area contributed by atoms with Crippen molar-refractivity contribution in [3.05, 3.63) is 69.7 Å². The number of halogens is 1. The Morgan fingerprint density at radius 1 is 1.00 bits per heavy atom. The van der Waals surface area contributed by atoms with Crippen LogP contribution in [0.2, 0.25) is 18.1 Å². The third-order valence-corrected chi connectivity index (χ3v) is 8.39. The topological polar surface area (TPSA) is 9.23 Å². The van der Waals surface area contributed by atoms with Crippen molar-refractivity contribution in [2.45, 2.75) is 38.6 Å². The lowest BCUT2D eigenvalue weighted by Crippen LogP contribution is -2.26. The Labute approximate surface area is 156 Å². The molecule has 128 valence electrons. The third kappa shape index (κ3) is 6.04. The van der Waals surface area contributed by atoms with E-state index >= 15 is 0 Å². The van der Waals surface area contributed by atoms with Crippen LogP contribution in [-0.2, 0) is 11.3 Å². The summed E-state index contributed by atoms with van der Waals surface area (Å²) in [4.78, 5) is 0. The van der Waals surface area contributed by atoms with Gasteiger partial charge in [0.2, 0.25) is 0 Å². The van der Waals surface area contributed by atoms with E-state index in [0.717, 1.165) is 11.1 Å². The van der Waals surface area contributed by atoms with Crippen LogP contribution in [0, 0.1) is 0 Å². The van der Waals surface area contributed by atoms with E-state index in [2.05, 4.69) is 91.4 Å². The minimum atomic E-state index is -0.694. The van der Waals surface area contributed by atoms with Crippen molar-refractivity contribution in [2.75, 3.05) is 6.61 Å². The first-order valence-electron chi connectivity index (χ1n) is 8.47. The molecule has 0 aromatic heterocycles. The number of rotatable bonds is 7. The van der Waals surface area contributed by atoms with Crippen LogP contribution in [0.15, 0.2) is 53.0 Å². The molecule has 24 heavy (non-hydrogen) atoms. The first kappa shape index (κ1) is 19.2. The van der Waals surface area contributed by atoms with Gasteiger partial charge in [0.15, 0.2) is 0 Å². The highest BCUT2D eigenvalue weighted by Crippen LogP contribution is 2.28. The van der Waals surface area contributed by atoms with Crippen LogP contribution < -0.4 is 0 Å². The minimum Gasteiger partial charge on any atom is -0.377 e. The van der Waals surface area contributed by atoms with Gasteiger partial charge in [0.25, 0.3) is 0 Å². The summed E-state index contributed by atoms with van der Waals surface area (Å²) in [7, 11) is -0.694. The second kappa shape index (κ2) is 8.79. The Bertz CT molecular complexity index is 674. The molecule has 0 spiro atoms. The fourth-order valence-corrected chi connectivity index (χ4v) is 2.99. The first-order chi connectivity index (χ1) is 11.4. The zero-order valence-corrected chi connectivity index (χ0v) is 17.8. The molecule has 2 aromatic rings. The molecule has 2 aromatic carbocycles. The Morgan fingerprint density at radius 2 is 1.67 bits per heavy atom. The maximum Gasteiger partial charge on any atom is 0.0716 e. The molecule has 1 nitrogen and oxygen atoms in total. The first-order valence-corrected chi connectivity index (χ1v) is 12.1. The second-order valence-corrected chi connectivity index (χ2v) is 12.1. The second-order valence-electron chi connectivity index (χ2n) is 7.27. The van der Waals surface area contributed by atoms with Gasteiger partial charge in [0, 0.05) is 19.9 Å². The fraction of sp³-hybridized carbons (Fsp3) is 0.333. The highest BCUT2D eigenvalue weighted by atomic mass is 79.9. The lowest BCUT2D eigenvalue weighted by molar-refractivity contribution is 0.101. The van der Waals surface area contributed by atoms with Crippen molar-refractivity contribution in [1.82, 2.24) is 0 Å². The molecule has 3 heteroatoms. The molecular weight excluding hydrogens is 376 g/mol. The fourth-order valence-electron chi connectivity index (χ4n) is 2.13. The van der Waals surface area contributed by atoms with Gasteiger partial charge in [0.05, 0.1) is 6.61 Å². The van der Waals surface area contributed by atoms with Gasteiger partial charge in [-0.2, -0.15) is 0 Å². The maximum atomic E-state index is 5.94. The van der Waals surface area contributed by atoms with Gasteiger partial charge in [-0.15, -0.1) is 0 Å². The predicted octanol–water partition coefficient (Wildman–Crippen LogP) is 6.40. The predicted molar refractivity (Wildman–Crippen MR) is 112 cm³/mol. The lowest BCUT2D eigenvalue weighted by Gasteiger charge is -2.27. The quantitative estimate of drug-likeness (QED) is 0.384. The van der Waals surface area contributed by atoms with Crippen molar-refractivity contribution in [2.24, 2.45) is 0 Å². The van der Waals surface area contributed by atoms with Gasteiger partial charge >= 0.3 is 0 Å². The van der Waals surface area contributed by atoms with Crippen molar-refractivity contribution in [3.63, 3.8) is 0 Å². The van der Waals surface area contributed by atoms with E-state index in [0.29, 0.717) is 11.6 Å². The van der Waals surface area contributed by atoms with Crippen molar-refractivity contribution in [3.8, 4) is 0 Å². The molecular formula is C21H27BrOSi. The van der Waals surface area contributed by atoms with E-state index in [1.807, 2.05) is 12.1 Å². The largest absolute Gasteiger partial charge is 0.377 e. The number of ether oxygens (including phenoxy) is 1. The highest BCUT2D eigenvalue weighted by molar-refractivity contribution is 9.10. The summed E-state index contributed by atoms with van der Waals surface area (Å²) in [6.45, 7) is 11.0. The number of hydrogen-bond donors (Lipinski definition) is 0. The molecule has 0 aliphatic rings. The lowest BCUT2D eigenvalue weighted by atomic mass is 10.1. The van der Waals surface area contributed by atoms with Crippen LogP contribution in [0.25, 0.3) is 12.2 Å². The van der Waals surface area contributed by atoms with Gasteiger partial charge < -0.3 is 4.74 Å². The summed E-state index contributed by atoms with van der Waals surface area (Å²) in [5, 5.41) is 0.354. The normalized spacial score (nSPS) is 12.2. The average molecular weight is 403 g/mol. The molecule has 0 saturated carbocycles. The van der Waals surface area contributed by atoms with Gasteiger partial charge in [-0.25, -0.2) is 0 Å². The van der Waals surface area contributed by atoms with Crippen molar-refractivity contribution < 1.29 is 4.74 Å². The van der Waals surface area contributed by atoms with E-state index < -0.39 is 8.80 Å². The van der Waals surface area contributed by atoms with E-state index in [9.17, 15) is 0 Å². The van der Waals surface area contributed by atoms with Crippen LogP contribution in [0.3, 0.4) is 0 Å². The summed E-state index contributed by atoms with van der Waals surface area (Å²) >= 11 is 3.50. The molecule has 0 fully saturated rings. The molecule has 0 saturated heterocycles. The molecule has 0 radical (unpaired) electrons. The Balaban J connectivity index is 1.89. The molecule has 2 rings (SSSR count). The van der Waals surface area contributed by atoms with E-state index in [1.54, 1.807) is 0 Å². The smallest absolute Gasteiger partial charge is 0.0716 e.